The van der Waals surface area contributed by atoms with E-state index in [9.17, 15) is 4.79 Å². The Labute approximate surface area is 77.3 Å². The summed E-state index contributed by atoms with van der Waals surface area (Å²) in [7, 11) is 3.28. The monoisotopic (exact) mass is 193 g/mol. The minimum atomic E-state index is 0.144. The third-order valence-electron chi connectivity index (χ3n) is 1.50. The van der Waals surface area contributed by atoms with E-state index >= 15 is 0 Å². The van der Waals surface area contributed by atoms with Crippen molar-refractivity contribution in [1.29, 1.82) is 0 Å². The molecule has 0 heterocycles. The van der Waals surface area contributed by atoms with E-state index in [1.54, 1.807) is 0 Å². The van der Waals surface area contributed by atoms with Crippen LogP contribution in [0.15, 0.2) is 0 Å². The third kappa shape index (κ3) is 5.58. The van der Waals surface area contributed by atoms with Crippen molar-refractivity contribution in [1.82, 2.24) is 5.32 Å². The zero-order valence-corrected chi connectivity index (χ0v) is 8.67. The molecule has 0 aliphatic rings. The van der Waals surface area contributed by atoms with Crippen LogP contribution in [0.3, 0.4) is 0 Å². The second-order valence-corrected chi connectivity index (χ2v) is 3.88. The summed E-state index contributed by atoms with van der Waals surface area (Å²) in [5.74, 6) is 1.28. The molecule has 0 fully saturated rings. The number of thiol groups is 1. The Morgan fingerprint density at radius 3 is 2.82 bits per heavy atom. The summed E-state index contributed by atoms with van der Waals surface area (Å²) in [6, 6.07) is 0. The Bertz CT molecular complexity index is 119. The molecule has 0 amide bonds. The van der Waals surface area contributed by atoms with E-state index in [4.69, 9.17) is 0 Å². The molecule has 0 saturated heterocycles. The van der Waals surface area contributed by atoms with Crippen LogP contribution in [0.5, 0.6) is 0 Å². The van der Waals surface area contributed by atoms with Gasteiger partial charge < -0.3 is 5.32 Å². The van der Waals surface area contributed by atoms with Gasteiger partial charge in [-0.05, 0) is 7.05 Å². The Balaban J connectivity index is 3.47. The normalized spacial score (nSPS) is 13.0. The summed E-state index contributed by atoms with van der Waals surface area (Å²) in [6.45, 7) is 2.72. The van der Waals surface area contributed by atoms with Crippen LogP contribution in [0.4, 0.5) is 0 Å². The minimum absolute atomic E-state index is 0.144. The molecule has 0 saturated carbocycles. The summed E-state index contributed by atoms with van der Waals surface area (Å²) in [5, 5.41) is 2.95. The number of carbonyl (C=O) groups excluding carboxylic acids is 1. The maximum atomic E-state index is 11.2. The fourth-order valence-electron chi connectivity index (χ4n) is 0.699. The van der Waals surface area contributed by atoms with Crippen LogP contribution in [-0.2, 0) is 4.79 Å². The topological polar surface area (TPSA) is 29.1 Å². The van der Waals surface area contributed by atoms with E-state index in [2.05, 4.69) is 17.0 Å². The molecule has 0 aliphatic heterocycles. The van der Waals surface area contributed by atoms with Gasteiger partial charge in [-0.25, -0.2) is 0 Å². The molecule has 0 aromatic heterocycles. The van der Waals surface area contributed by atoms with Gasteiger partial charge >= 0.3 is 0 Å². The number of Topliss-reactive ketones (excluding diaryl/α,β-unsaturated/α-hetero) is 1. The molecule has 11 heavy (non-hydrogen) atoms. The van der Waals surface area contributed by atoms with Crippen molar-refractivity contribution in [2.24, 2.45) is 5.92 Å². The van der Waals surface area contributed by atoms with Gasteiger partial charge in [0.25, 0.3) is 0 Å². The molecular weight excluding hydrogens is 178 g/mol. The molecule has 0 aromatic carbocycles. The van der Waals surface area contributed by atoms with Gasteiger partial charge in [-0.1, -0.05) is 17.7 Å². The number of nitrogens with one attached hydrogen (secondary N) is 1. The van der Waals surface area contributed by atoms with E-state index in [0.717, 1.165) is 12.3 Å². The lowest BCUT2D eigenvalue weighted by Gasteiger charge is -2.06. The first-order valence-electron chi connectivity index (χ1n) is 3.66. The molecule has 1 atom stereocenters. The van der Waals surface area contributed by atoms with Crippen LogP contribution in [0.25, 0.3) is 0 Å². The molecule has 66 valence electrons. The fraction of sp³-hybridized carbons (Fsp3) is 0.857. The number of hydrogen-bond acceptors (Lipinski definition) is 4. The molecule has 1 unspecified atom stereocenters. The number of ketones is 1. The van der Waals surface area contributed by atoms with Crippen molar-refractivity contribution in [3.63, 3.8) is 0 Å². The average Bonchev–Trinajstić information content (AvgIpc) is 2.00. The second-order valence-electron chi connectivity index (χ2n) is 2.52. The van der Waals surface area contributed by atoms with Gasteiger partial charge in [0.1, 0.15) is 5.78 Å². The summed E-state index contributed by atoms with van der Waals surface area (Å²) in [6.07, 6.45) is 0.631. The zero-order valence-electron chi connectivity index (χ0n) is 6.96. The molecule has 0 aromatic rings. The predicted molar refractivity (Wildman–Crippen MR) is 54.2 cm³/mol. The standard InChI is InChI=1S/C7H15NOS2/c1-6(5-11-10)7(9)3-4-8-2/h6,8,10H,3-5H2,1-2H3. The van der Waals surface area contributed by atoms with Crippen molar-refractivity contribution < 1.29 is 4.79 Å². The molecular formula is C7H15NOS2. The van der Waals surface area contributed by atoms with Crippen LogP contribution in [0.2, 0.25) is 0 Å². The third-order valence-corrected chi connectivity index (χ3v) is 2.59. The van der Waals surface area contributed by atoms with Crippen LogP contribution >= 0.6 is 22.5 Å². The van der Waals surface area contributed by atoms with Crippen LogP contribution in [-0.4, -0.2) is 25.1 Å². The first-order chi connectivity index (χ1) is 5.22. The van der Waals surface area contributed by atoms with Gasteiger partial charge in [-0.3, -0.25) is 4.79 Å². The van der Waals surface area contributed by atoms with Crippen LogP contribution in [0.1, 0.15) is 13.3 Å². The molecule has 0 spiro atoms. The van der Waals surface area contributed by atoms with Crippen LogP contribution in [0, 0.1) is 5.92 Å². The number of rotatable bonds is 6. The van der Waals surface area contributed by atoms with Crippen molar-refractivity contribution in [3.05, 3.63) is 0 Å². The molecule has 0 rings (SSSR count). The Morgan fingerprint density at radius 1 is 1.73 bits per heavy atom. The lowest BCUT2D eigenvalue weighted by molar-refractivity contribution is -0.121. The quantitative estimate of drug-likeness (QED) is 0.493. The van der Waals surface area contributed by atoms with E-state index in [1.807, 2.05) is 14.0 Å². The number of carbonyl (C=O) groups is 1. The maximum Gasteiger partial charge on any atom is 0.137 e. The first kappa shape index (κ1) is 11.3. The Hall–Kier alpha value is 0.330. The smallest absolute Gasteiger partial charge is 0.137 e. The highest BCUT2D eigenvalue weighted by Gasteiger charge is 2.10. The van der Waals surface area contributed by atoms with Gasteiger partial charge in [0.2, 0.25) is 0 Å². The summed E-state index contributed by atoms with van der Waals surface area (Å²) in [4.78, 5) is 11.2. The first-order valence-corrected chi connectivity index (χ1v) is 5.69. The number of hydrogen-bond donors (Lipinski definition) is 2. The predicted octanol–water partition coefficient (Wildman–Crippen LogP) is 1.38. The molecule has 2 nitrogen and oxygen atoms in total. The van der Waals surface area contributed by atoms with E-state index < -0.39 is 0 Å². The highest BCUT2D eigenvalue weighted by Crippen LogP contribution is 2.12. The lowest BCUT2D eigenvalue weighted by atomic mass is 10.1. The Kier molecular flexibility index (Phi) is 7.22. The molecule has 0 bridgehead atoms. The van der Waals surface area contributed by atoms with Gasteiger partial charge in [0.05, 0.1) is 0 Å². The maximum absolute atomic E-state index is 11.2. The van der Waals surface area contributed by atoms with Gasteiger partial charge in [0.15, 0.2) is 0 Å². The molecule has 0 aliphatic carbocycles. The summed E-state index contributed by atoms with van der Waals surface area (Å²) >= 11 is 3.99. The van der Waals surface area contributed by atoms with Crippen molar-refractivity contribution in [2.45, 2.75) is 13.3 Å². The van der Waals surface area contributed by atoms with Gasteiger partial charge in [0, 0.05) is 24.6 Å². The van der Waals surface area contributed by atoms with E-state index in [1.165, 1.54) is 10.8 Å². The highest BCUT2D eigenvalue weighted by molar-refractivity contribution is 8.68. The summed E-state index contributed by atoms with van der Waals surface area (Å²) < 4.78 is 0. The second kappa shape index (κ2) is 7.00. The fourth-order valence-corrected chi connectivity index (χ4v) is 1.78. The zero-order chi connectivity index (χ0) is 8.69. The molecule has 4 heteroatoms. The van der Waals surface area contributed by atoms with E-state index in [-0.39, 0.29) is 5.92 Å². The van der Waals surface area contributed by atoms with Crippen molar-refractivity contribution in [3.8, 4) is 0 Å². The average molecular weight is 193 g/mol. The molecule has 0 radical (unpaired) electrons. The SMILES string of the molecule is CNCCC(=O)C(C)CSS. The van der Waals surface area contributed by atoms with Gasteiger partial charge in [-0.15, -0.1) is 11.7 Å². The van der Waals surface area contributed by atoms with E-state index in [0.29, 0.717) is 12.2 Å². The largest absolute Gasteiger partial charge is 0.319 e. The van der Waals surface area contributed by atoms with Gasteiger partial charge in [-0.2, -0.15) is 0 Å². The van der Waals surface area contributed by atoms with Crippen molar-refractivity contribution in [2.75, 3.05) is 19.3 Å². The lowest BCUT2D eigenvalue weighted by Crippen LogP contribution is -2.19. The summed E-state index contributed by atoms with van der Waals surface area (Å²) in [5.41, 5.74) is 0. The van der Waals surface area contributed by atoms with Crippen LogP contribution < -0.4 is 5.32 Å². The molecule has 1 N–H and O–H groups in total. The van der Waals surface area contributed by atoms with Crippen molar-refractivity contribution >= 4 is 28.2 Å². The highest BCUT2D eigenvalue weighted by atomic mass is 33.1. The minimum Gasteiger partial charge on any atom is -0.319 e. The Morgan fingerprint density at radius 2 is 2.36 bits per heavy atom.